The highest BCUT2D eigenvalue weighted by Gasteiger charge is 2.22. The molecule has 0 bridgehead atoms. The molecule has 0 aromatic heterocycles. The van der Waals surface area contributed by atoms with E-state index in [2.05, 4.69) is 13.8 Å². The molecule has 98 heavy (non-hydrogen) atoms. The molecule has 0 saturated heterocycles. The van der Waals surface area contributed by atoms with Gasteiger partial charge in [-0.15, -0.1) is 0 Å². The summed E-state index contributed by atoms with van der Waals surface area (Å²) in [4.78, 5) is 38.2. The van der Waals surface area contributed by atoms with Crippen molar-refractivity contribution in [1.29, 1.82) is 0 Å². The molecule has 0 aliphatic heterocycles. The monoisotopic (exact) mass is 1410 g/mol. The van der Waals surface area contributed by atoms with Gasteiger partial charge >= 0.3 is 11.9 Å². The lowest BCUT2D eigenvalue weighted by Crippen LogP contribution is -2.37. The van der Waals surface area contributed by atoms with Crippen LogP contribution < -0.4 is 4.89 Å². The first-order valence-corrected chi connectivity index (χ1v) is 46.2. The zero-order valence-corrected chi connectivity index (χ0v) is 68.2. The first kappa shape index (κ1) is 97.0. The van der Waals surface area contributed by atoms with Crippen LogP contribution in [0, 0.1) is 0 Å². The minimum atomic E-state index is -4.64. The predicted molar refractivity (Wildman–Crippen MR) is 425 cm³/mol. The Labute approximate surface area is 614 Å². The molecule has 586 valence electrons. The van der Waals surface area contributed by atoms with Gasteiger partial charge in [0.25, 0.3) is 7.82 Å². The van der Waals surface area contributed by atoms with E-state index < -0.39 is 26.5 Å². The number of likely N-dealkylation sites (N-methyl/N-ethyl adjacent to an activating group) is 1. The lowest BCUT2D eigenvalue weighted by atomic mass is 10.0. The molecule has 0 rings (SSSR count). The van der Waals surface area contributed by atoms with Crippen LogP contribution in [0.15, 0.2) is 0 Å². The third-order valence-corrected chi connectivity index (χ3v) is 22.1. The van der Waals surface area contributed by atoms with Gasteiger partial charge in [0.05, 0.1) is 27.7 Å². The van der Waals surface area contributed by atoms with Crippen LogP contribution in [0.2, 0.25) is 0 Å². The molecular formula is C88H176NO8P. The van der Waals surface area contributed by atoms with Crippen molar-refractivity contribution in [2.75, 3.05) is 47.5 Å². The highest BCUT2D eigenvalue weighted by Crippen LogP contribution is 2.38. The summed E-state index contributed by atoms with van der Waals surface area (Å²) in [5.41, 5.74) is 0. The number of unbranched alkanes of at least 4 members (excludes halogenated alkanes) is 72. The average molecular weight is 1410 g/mol. The van der Waals surface area contributed by atoms with E-state index in [0.29, 0.717) is 17.4 Å². The Bertz CT molecular complexity index is 1610. The van der Waals surface area contributed by atoms with Crippen molar-refractivity contribution in [3.8, 4) is 0 Å². The molecule has 2 atom stereocenters. The van der Waals surface area contributed by atoms with Crippen molar-refractivity contribution in [2.45, 2.75) is 508 Å². The predicted octanol–water partition coefficient (Wildman–Crippen LogP) is 29.3. The zero-order chi connectivity index (χ0) is 71.1. The number of carbonyl (C=O) groups is 2. The Morgan fingerprint density at radius 1 is 0.276 bits per heavy atom. The number of esters is 2. The SMILES string of the molecule is CCCCCCCCCCCCCCCCCCCCCCCCCCCCCCCCCCCCCCCCCC(=O)OC(COC(=O)CCCCCCCCCCCCCCCCCCCCCCCCCCCCCCCCCCCCC)COP(=O)([O-])OCC[N+](C)(C)C. The lowest BCUT2D eigenvalue weighted by molar-refractivity contribution is -0.870. The maximum absolute atomic E-state index is 12.9. The Morgan fingerprint density at radius 2 is 0.459 bits per heavy atom. The normalized spacial score (nSPS) is 12.8. The highest BCUT2D eigenvalue weighted by molar-refractivity contribution is 7.45. The summed E-state index contributed by atoms with van der Waals surface area (Å²) in [5, 5.41) is 0. The largest absolute Gasteiger partial charge is 0.756 e. The Balaban J connectivity index is 3.82. The number of hydrogen-bond donors (Lipinski definition) is 0. The van der Waals surface area contributed by atoms with Gasteiger partial charge in [-0.1, -0.05) is 476 Å². The van der Waals surface area contributed by atoms with Crippen molar-refractivity contribution in [1.82, 2.24) is 0 Å². The molecule has 0 heterocycles. The summed E-state index contributed by atoms with van der Waals surface area (Å²) in [6.45, 7) is 4.36. The van der Waals surface area contributed by atoms with Crippen LogP contribution in [0.25, 0.3) is 0 Å². The minimum absolute atomic E-state index is 0.0245. The number of quaternary nitrogens is 1. The van der Waals surface area contributed by atoms with E-state index in [9.17, 15) is 19.0 Å². The molecule has 0 N–H and O–H groups in total. The molecule has 0 fully saturated rings. The second-order valence-electron chi connectivity index (χ2n) is 32.3. The summed E-state index contributed by atoms with van der Waals surface area (Å²) < 4.78 is 34.5. The number of carbonyl (C=O) groups excluding carboxylic acids is 2. The molecule has 0 spiro atoms. The fraction of sp³-hybridized carbons (Fsp3) is 0.977. The highest BCUT2D eigenvalue weighted by atomic mass is 31.2. The zero-order valence-electron chi connectivity index (χ0n) is 67.3. The lowest BCUT2D eigenvalue weighted by Gasteiger charge is -2.28. The van der Waals surface area contributed by atoms with Gasteiger partial charge in [-0.25, -0.2) is 0 Å². The van der Waals surface area contributed by atoms with E-state index >= 15 is 0 Å². The van der Waals surface area contributed by atoms with Gasteiger partial charge in [-0.2, -0.15) is 0 Å². The quantitative estimate of drug-likeness (QED) is 0.0256. The summed E-state index contributed by atoms with van der Waals surface area (Å²) in [5.74, 6) is -0.798. The number of hydrogen-bond acceptors (Lipinski definition) is 8. The van der Waals surface area contributed by atoms with Gasteiger partial charge in [0.2, 0.25) is 0 Å². The van der Waals surface area contributed by atoms with Crippen LogP contribution in [0.1, 0.15) is 502 Å². The Kier molecular flexibility index (Phi) is 79.3. The third-order valence-electron chi connectivity index (χ3n) is 21.1. The summed E-state index contributed by atoms with van der Waals surface area (Å²) >= 11 is 0. The van der Waals surface area contributed by atoms with E-state index in [1.54, 1.807) is 0 Å². The number of rotatable bonds is 86. The second-order valence-corrected chi connectivity index (χ2v) is 33.8. The fourth-order valence-corrected chi connectivity index (χ4v) is 15.0. The van der Waals surface area contributed by atoms with Crippen LogP contribution in [0.4, 0.5) is 0 Å². The van der Waals surface area contributed by atoms with Crippen molar-refractivity contribution in [2.24, 2.45) is 0 Å². The average Bonchev–Trinajstić information content (AvgIpc) is 1.23. The van der Waals surface area contributed by atoms with Crippen molar-refractivity contribution in [3.05, 3.63) is 0 Å². The maximum Gasteiger partial charge on any atom is 0.306 e. The fourth-order valence-electron chi connectivity index (χ4n) is 14.3. The van der Waals surface area contributed by atoms with Gasteiger partial charge in [0.15, 0.2) is 6.10 Å². The van der Waals surface area contributed by atoms with Gasteiger partial charge in [0, 0.05) is 12.8 Å². The summed E-state index contributed by atoms with van der Waals surface area (Å²) in [7, 11) is 1.20. The van der Waals surface area contributed by atoms with E-state index in [-0.39, 0.29) is 32.0 Å². The number of phosphoric acid groups is 1. The minimum Gasteiger partial charge on any atom is -0.756 e. The third kappa shape index (κ3) is 84.0. The van der Waals surface area contributed by atoms with E-state index in [1.807, 2.05) is 21.1 Å². The van der Waals surface area contributed by atoms with Gasteiger partial charge in [-0.05, 0) is 12.8 Å². The summed E-state index contributed by atoms with van der Waals surface area (Å²) in [6, 6.07) is 0. The molecule has 9 nitrogen and oxygen atoms in total. The van der Waals surface area contributed by atoms with Crippen LogP contribution in [0.5, 0.6) is 0 Å². The smallest absolute Gasteiger partial charge is 0.306 e. The molecule has 2 unspecified atom stereocenters. The molecule has 10 heteroatoms. The van der Waals surface area contributed by atoms with Gasteiger partial charge in [0.1, 0.15) is 19.8 Å². The van der Waals surface area contributed by atoms with Crippen LogP contribution in [-0.4, -0.2) is 70.0 Å². The van der Waals surface area contributed by atoms with E-state index in [0.717, 1.165) is 32.1 Å². The summed E-state index contributed by atoms with van der Waals surface area (Å²) in [6.07, 6.45) is 101. The van der Waals surface area contributed by atoms with E-state index in [4.69, 9.17) is 18.5 Å². The molecule has 0 aromatic rings. The topological polar surface area (TPSA) is 111 Å². The molecule has 0 saturated carbocycles. The van der Waals surface area contributed by atoms with Crippen LogP contribution in [0.3, 0.4) is 0 Å². The van der Waals surface area contributed by atoms with Crippen LogP contribution >= 0.6 is 7.82 Å². The maximum atomic E-state index is 12.9. The van der Waals surface area contributed by atoms with Crippen molar-refractivity contribution >= 4 is 19.8 Å². The Hall–Kier alpha value is -0.990. The molecule has 0 aromatic carbocycles. The van der Waals surface area contributed by atoms with Gasteiger partial charge in [-0.3, -0.25) is 14.2 Å². The van der Waals surface area contributed by atoms with E-state index in [1.165, 1.54) is 437 Å². The molecule has 0 amide bonds. The van der Waals surface area contributed by atoms with Gasteiger partial charge < -0.3 is 27.9 Å². The van der Waals surface area contributed by atoms with Crippen LogP contribution in [-0.2, 0) is 32.7 Å². The second kappa shape index (κ2) is 80.1. The first-order chi connectivity index (χ1) is 48.0. The standard InChI is InChI=1S/C88H176NO8P/c1-6-8-10-12-14-16-18-20-22-24-26-28-30-32-34-36-38-40-42-43-44-45-47-49-51-53-55-57-59-61-63-65-67-69-71-73-75-77-79-81-88(91)97-86(85-96-98(92,93)95-83-82-89(3,4)5)84-94-87(90)80-78-76-74-72-70-68-66-64-62-60-58-56-54-52-50-48-46-41-39-37-35-33-31-29-27-25-23-21-19-17-15-13-11-9-7-2/h86H,6-85H2,1-5H3. The van der Waals surface area contributed by atoms with Crippen molar-refractivity contribution < 1.29 is 42.1 Å². The number of nitrogens with zero attached hydrogens (tertiary/aromatic N) is 1. The molecule has 0 aliphatic carbocycles. The number of phosphoric ester groups is 1. The number of ether oxygens (including phenoxy) is 2. The molecule has 0 radical (unpaired) electrons. The van der Waals surface area contributed by atoms with Crippen molar-refractivity contribution in [3.63, 3.8) is 0 Å². The molecule has 0 aliphatic rings. The molecular weight excluding hydrogens is 1230 g/mol. The Morgan fingerprint density at radius 3 is 0.653 bits per heavy atom. The first-order valence-electron chi connectivity index (χ1n) is 44.7.